The van der Waals surface area contributed by atoms with Gasteiger partial charge in [-0.3, -0.25) is 0 Å². The molecule has 3 nitrogen and oxygen atoms in total. The first-order valence-electron chi connectivity index (χ1n) is 13.1. The summed E-state index contributed by atoms with van der Waals surface area (Å²) in [5.74, 6) is 2.06. The molecule has 0 fully saturated rings. The number of nitrogens with zero attached hydrogens (tertiary/aromatic N) is 3. The molecule has 1 aromatic heterocycles. The van der Waals surface area contributed by atoms with Crippen molar-refractivity contribution in [1.29, 1.82) is 0 Å². The van der Waals surface area contributed by atoms with Gasteiger partial charge in [-0.05, 0) is 50.7 Å². The van der Waals surface area contributed by atoms with Gasteiger partial charge in [0, 0.05) is 11.1 Å². The van der Waals surface area contributed by atoms with Crippen LogP contribution in [0.15, 0.2) is 133 Å². The highest BCUT2D eigenvalue weighted by Gasteiger charge is 2.11. The van der Waals surface area contributed by atoms with Gasteiger partial charge >= 0.3 is 0 Å². The summed E-state index contributed by atoms with van der Waals surface area (Å²) in [5.41, 5.74) is 6.73. The quantitative estimate of drug-likeness (QED) is 0.242. The lowest BCUT2D eigenvalue weighted by atomic mass is 9.97. The fourth-order valence-electron chi connectivity index (χ4n) is 5.29. The largest absolute Gasteiger partial charge is 0.213 e. The van der Waals surface area contributed by atoms with Gasteiger partial charge in [-0.15, -0.1) is 0 Å². The second-order valence-electron chi connectivity index (χ2n) is 9.74. The molecule has 39 heavy (non-hydrogen) atoms. The van der Waals surface area contributed by atoms with Gasteiger partial charge in [-0.2, -0.15) is 0 Å². The molecule has 0 aliphatic heterocycles. The fourth-order valence-corrected chi connectivity index (χ4v) is 5.29. The molecule has 184 valence electrons. The van der Waals surface area contributed by atoms with E-state index in [1.165, 1.54) is 43.8 Å². The number of aryl methyl sites for hydroxylation is 1. The van der Waals surface area contributed by atoms with Gasteiger partial charge in [0.15, 0.2) is 11.6 Å². The molecule has 3 heteroatoms. The maximum absolute atomic E-state index is 4.86. The number of rotatable bonds is 4. The van der Waals surface area contributed by atoms with Crippen LogP contribution < -0.4 is 0 Å². The van der Waals surface area contributed by atoms with Crippen LogP contribution in [0.1, 0.15) is 5.82 Å². The molecule has 0 saturated heterocycles. The zero-order valence-electron chi connectivity index (χ0n) is 21.5. The zero-order chi connectivity index (χ0) is 26.2. The summed E-state index contributed by atoms with van der Waals surface area (Å²) < 4.78 is 0. The molecular weight excluding hydrogens is 474 g/mol. The molecule has 0 spiro atoms. The third kappa shape index (κ3) is 4.34. The van der Waals surface area contributed by atoms with E-state index in [2.05, 4.69) is 143 Å². The van der Waals surface area contributed by atoms with E-state index in [0.717, 1.165) is 11.1 Å². The molecule has 0 aliphatic carbocycles. The average molecular weight is 500 g/mol. The molecule has 0 amide bonds. The van der Waals surface area contributed by atoms with Crippen molar-refractivity contribution in [3.63, 3.8) is 0 Å². The van der Waals surface area contributed by atoms with Crippen LogP contribution in [0.3, 0.4) is 0 Å². The SMILES string of the molecule is Cc1nc(-c2ccc(-c3cccc4ccccc34)cc2)nc(-c2ccc(-c3cccc4ccccc34)cc2)n1. The van der Waals surface area contributed by atoms with E-state index in [1.54, 1.807) is 0 Å². The van der Waals surface area contributed by atoms with E-state index in [0.29, 0.717) is 17.5 Å². The molecule has 1 heterocycles. The van der Waals surface area contributed by atoms with Crippen molar-refractivity contribution in [2.45, 2.75) is 6.92 Å². The lowest BCUT2D eigenvalue weighted by molar-refractivity contribution is 0.992. The monoisotopic (exact) mass is 499 g/mol. The Balaban J connectivity index is 1.21. The van der Waals surface area contributed by atoms with Crippen LogP contribution in [0.4, 0.5) is 0 Å². The molecule has 0 saturated carbocycles. The van der Waals surface area contributed by atoms with E-state index in [9.17, 15) is 0 Å². The van der Waals surface area contributed by atoms with Crippen LogP contribution in [-0.4, -0.2) is 15.0 Å². The maximum Gasteiger partial charge on any atom is 0.163 e. The highest BCUT2D eigenvalue weighted by Crippen LogP contribution is 2.32. The second kappa shape index (κ2) is 9.62. The summed E-state index contributed by atoms with van der Waals surface area (Å²) >= 11 is 0. The average Bonchev–Trinajstić information content (AvgIpc) is 3.00. The molecule has 0 bridgehead atoms. The van der Waals surface area contributed by atoms with Crippen molar-refractivity contribution < 1.29 is 0 Å². The van der Waals surface area contributed by atoms with Crippen LogP contribution in [-0.2, 0) is 0 Å². The first kappa shape index (κ1) is 23.0. The summed E-state index contributed by atoms with van der Waals surface area (Å²) in [6.45, 7) is 1.92. The minimum Gasteiger partial charge on any atom is -0.213 e. The van der Waals surface area contributed by atoms with E-state index in [4.69, 9.17) is 4.98 Å². The van der Waals surface area contributed by atoms with Gasteiger partial charge in [-0.1, -0.05) is 133 Å². The summed E-state index contributed by atoms with van der Waals surface area (Å²) in [6, 6.07) is 46.8. The van der Waals surface area contributed by atoms with E-state index in [1.807, 2.05) is 6.92 Å². The molecule has 6 aromatic carbocycles. The Morgan fingerprint density at radius 2 is 0.744 bits per heavy atom. The van der Waals surface area contributed by atoms with E-state index < -0.39 is 0 Å². The van der Waals surface area contributed by atoms with Crippen molar-refractivity contribution >= 4 is 21.5 Å². The van der Waals surface area contributed by atoms with E-state index in [-0.39, 0.29) is 0 Å². The van der Waals surface area contributed by atoms with Crippen LogP contribution in [0, 0.1) is 6.92 Å². The maximum atomic E-state index is 4.86. The highest BCUT2D eigenvalue weighted by molar-refractivity contribution is 5.97. The Kier molecular flexibility index (Phi) is 5.68. The fraction of sp³-hybridized carbons (Fsp3) is 0.0278. The van der Waals surface area contributed by atoms with Crippen LogP contribution in [0.2, 0.25) is 0 Å². The van der Waals surface area contributed by atoms with Gasteiger partial charge in [0.25, 0.3) is 0 Å². The number of hydrogen-bond acceptors (Lipinski definition) is 3. The van der Waals surface area contributed by atoms with Crippen molar-refractivity contribution in [3.05, 3.63) is 139 Å². The Morgan fingerprint density at radius 1 is 0.359 bits per heavy atom. The number of hydrogen-bond donors (Lipinski definition) is 0. The molecule has 7 rings (SSSR count). The second-order valence-corrected chi connectivity index (χ2v) is 9.74. The van der Waals surface area contributed by atoms with Crippen molar-refractivity contribution in [2.75, 3.05) is 0 Å². The molecule has 0 aliphatic rings. The Morgan fingerprint density at radius 3 is 1.21 bits per heavy atom. The van der Waals surface area contributed by atoms with Gasteiger partial charge in [0.05, 0.1) is 0 Å². The van der Waals surface area contributed by atoms with E-state index >= 15 is 0 Å². The number of fused-ring (bicyclic) bond motifs is 2. The highest BCUT2D eigenvalue weighted by atomic mass is 15.0. The van der Waals surface area contributed by atoms with Crippen LogP contribution in [0.5, 0.6) is 0 Å². The number of aromatic nitrogens is 3. The van der Waals surface area contributed by atoms with Crippen molar-refractivity contribution in [3.8, 4) is 45.0 Å². The Bertz CT molecular complexity index is 1800. The zero-order valence-corrected chi connectivity index (χ0v) is 21.5. The van der Waals surface area contributed by atoms with Gasteiger partial charge < -0.3 is 0 Å². The van der Waals surface area contributed by atoms with Gasteiger partial charge in [-0.25, -0.2) is 15.0 Å². The molecule has 0 N–H and O–H groups in total. The lowest BCUT2D eigenvalue weighted by Gasteiger charge is -2.10. The molecule has 7 aromatic rings. The molecule has 0 radical (unpaired) electrons. The summed E-state index contributed by atoms with van der Waals surface area (Å²) in [5, 5.41) is 4.97. The third-order valence-corrected chi connectivity index (χ3v) is 7.23. The summed E-state index contributed by atoms with van der Waals surface area (Å²) in [7, 11) is 0. The summed E-state index contributed by atoms with van der Waals surface area (Å²) in [6.07, 6.45) is 0. The minimum absolute atomic E-state index is 0.681. The smallest absolute Gasteiger partial charge is 0.163 e. The Hall–Kier alpha value is -5.15. The summed E-state index contributed by atoms with van der Waals surface area (Å²) in [4.78, 5) is 14.2. The first-order chi connectivity index (χ1) is 19.2. The normalized spacial score (nSPS) is 11.2. The molecule has 0 unspecified atom stereocenters. The number of benzene rings is 6. The van der Waals surface area contributed by atoms with Crippen molar-refractivity contribution in [1.82, 2.24) is 15.0 Å². The predicted molar refractivity (Wildman–Crippen MR) is 161 cm³/mol. The van der Waals surface area contributed by atoms with Gasteiger partial charge in [0.1, 0.15) is 5.82 Å². The topological polar surface area (TPSA) is 38.7 Å². The lowest BCUT2D eigenvalue weighted by Crippen LogP contribution is -1.99. The van der Waals surface area contributed by atoms with Gasteiger partial charge in [0.2, 0.25) is 0 Å². The van der Waals surface area contributed by atoms with Crippen LogP contribution >= 0.6 is 0 Å². The molecule has 0 atom stereocenters. The minimum atomic E-state index is 0.681. The Labute approximate surface area is 227 Å². The standard InChI is InChI=1S/C36H25N3/c1-24-37-35(29-20-16-27(17-21-29)33-14-6-10-25-8-2-4-12-31(25)33)39-36(38-24)30-22-18-28(19-23-30)34-15-7-11-26-9-3-5-13-32(26)34/h2-23H,1H3. The van der Waals surface area contributed by atoms with Crippen molar-refractivity contribution in [2.24, 2.45) is 0 Å². The first-order valence-corrected chi connectivity index (χ1v) is 13.1. The van der Waals surface area contributed by atoms with Crippen LogP contribution in [0.25, 0.3) is 66.6 Å². The predicted octanol–water partition coefficient (Wildman–Crippen LogP) is 9.15. The third-order valence-electron chi connectivity index (χ3n) is 7.23. The molecular formula is C36H25N3.